The first kappa shape index (κ1) is 21.0. The molecule has 3 aromatic rings. The van der Waals surface area contributed by atoms with Crippen LogP contribution in [0.3, 0.4) is 0 Å². The van der Waals surface area contributed by atoms with Crippen LogP contribution < -0.4 is 10.1 Å². The predicted octanol–water partition coefficient (Wildman–Crippen LogP) is 4.13. The number of aryl methyl sites for hydroxylation is 1. The number of nitrogens with zero attached hydrogens (tertiary/aromatic N) is 3. The summed E-state index contributed by atoms with van der Waals surface area (Å²) in [5.74, 6) is 0.438. The van der Waals surface area contributed by atoms with E-state index >= 15 is 0 Å². The second kappa shape index (κ2) is 9.26. The Morgan fingerprint density at radius 1 is 1.16 bits per heavy atom. The van der Waals surface area contributed by atoms with E-state index in [1.807, 2.05) is 48.2 Å². The van der Waals surface area contributed by atoms with Crippen molar-refractivity contribution in [3.63, 3.8) is 0 Å². The second-order valence-electron chi connectivity index (χ2n) is 7.59. The van der Waals surface area contributed by atoms with Crippen molar-refractivity contribution < 1.29 is 14.3 Å². The molecule has 8 heteroatoms. The van der Waals surface area contributed by atoms with Crippen molar-refractivity contribution in [1.29, 1.82) is 0 Å². The molecule has 1 saturated heterocycles. The van der Waals surface area contributed by atoms with Gasteiger partial charge in [-0.15, -0.1) is 10.2 Å². The van der Waals surface area contributed by atoms with Gasteiger partial charge in [0, 0.05) is 30.3 Å². The number of aromatic nitrogens is 2. The topological polar surface area (TPSA) is 84.4 Å². The average molecular weight is 437 g/mol. The van der Waals surface area contributed by atoms with Gasteiger partial charge in [-0.25, -0.2) is 0 Å². The molecule has 0 radical (unpaired) electrons. The largest absolute Gasteiger partial charge is 0.497 e. The monoisotopic (exact) mass is 436 g/mol. The normalized spacial score (nSPS) is 16.1. The van der Waals surface area contributed by atoms with Crippen molar-refractivity contribution in [2.45, 2.75) is 25.7 Å². The summed E-state index contributed by atoms with van der Waals surface area (Å²) in [6.45, 7) is 3.26. The van der Waals surface area contributed by atoms with Gasteiger partial charge in [0.05, 0.1) is 7.11 Å². The molecule has 1 N–H and O–H groups in total. The van der Waals surface area contributed by atoms with Gasteiger partial charge in [-0.3, -0.25) is 9.59 Å². The van der Waals surface area contributed by atoms with Crippen molar-refractivity contribution >= 4 is 28.8 Å². The Balaban J connectivity index is 1.42. The third-order valence-corrected chi connectivity index (χ3v) is 6.40. The molecule has 1 fully saturated rings. The number of hydrogen-bond acceptors (Lipinski definition) is 6. The van der Waals surface area contributed by atoms with E-state index < -0.39 is 0 Å². The number of nitrogens with one attached hydrogen (secondary N) is 1. The maximum atomic E-state index is 13.0. The molecule has 0 aliphatic carbocycles. The first-order chi connectivity index (χ1) is 15.0. The number of benzene rings is 2. The number of likely N-dealkylation sites (tertiary alicyclic amines) is 1. The number of carbonyl (C=O) groups is 2. The van der Waals surface area contributed by atoms with Gasteiger partial charge >= 0.3 is 0 Å². The molecule has 0 bridgehead atoms. The van der Waals surface area contributed by atoms with Crippen LogP contribution in [0.4, 0.5) is 5.69 Å². The van der Waals surface area contributed by atoms with Gasteiger partial charge in [0.1, 0.15) is 10.8 Å². The van der Waals surface area contributed by atoms with E-state index in [0.717, 1.165) is 29.1 Å². The van der Waals surface area contributed by atoms with Crippen LogP contribution >= 0.6 is 11.3 Å². The van der Waals surface area contributed by atoms with E-state index in [2.05, 4.69) is 15.5 Å². The van der Waals surface area contributed by atoms with Crippen LogP contribution in [-0.4, -0.2) is 47.1 Å². The zero-order valence-electron chi connectivity index (χ0n) is 17.5. The van der Waals surface area contributed by atoms with Gasteiger partial charge in [-0.1, -0.05) is 35.1 Å². The third kappa shape index (κ3) is 4.91. The molecule has 2 amide bonds. The fourth-order valence-electron chi connectivity index (χ4n) is 3.61. The molecule has 1 atom stereocenters. The lowest BCUT2D eigenvalue weighted by Gasteiger charge is -2.31. The van der Waals surface area contributed by atoms with Gasteiger partial charge in [-0.05, 0) is 50.1 Å². The van der Waals surface area contributed by atoms with E-state index in [-0.39, 0.29) is 17.7 Å². The van der Waals surface area contributed by atoms with Crippen molar-refractivity contribution in [3.05, 3.63) is 69.7 Å². The quantitative estimate of drug-likeness (QED) is 0.650. The first-order valence-electron chi connectivity index (χ1n) is 10.2. The molecule has 1 aliphatic heterocycles. The van der Waals surface area contributed by atoms with E-state index in [1.54, 1.807) is 19.2 Å². The molecular weight excluding hydrogens is 412 g/mol. The van der Waals surface area contributed by atoms with Crippen LogP contribution in [0, 0.1) is 6.92 Å². The van der Waals surface area contributed by atoms with Crippen molar-refractivity contribution in [2.24, 2.45) is 0 Å². The van der Waals surface area contributed by atoms with Gasteiger partial charge < -0.3 is 15.0 Å². The van der Waals surface area contributed by atoms with Crippen molar-refractivity contribution in [3.8, 4) is 5.75 Å². The fourth-order valence-corrected chi connectivity index (χ4v) is 4.48. The highest BCUT2D eigenvalue weighted by atomic mass is 32.1. The number of amides is 2. The molecule has 1 aromatic heterocycles. The lowest BCUT2D eigenvalue weighted by atomic mass is 9.98. The summed E-state index contributed by atoms with van der Waals surface area (Å²) in [4.78, 5) is 27.3. The number of carbonyl (C=O) groups excluding carboxylic acids is 2. The Labute approximate surface area is 185 Å². The van der Waals surface area contributed by atoms with Crippen LogP contribution in [-0.2, 0) is 0 Å². The molecule has 4 rings (SSSR count). The Morgan fingerprint density at radius 3 is 2.74 bits per heavy atom. The Hall–Kier alpha value is -3.26. The minimum absolute atomic E-state index is 0.0227. The van der Waals surface area contributed by atoms with Crippen LogP contribution in [0.25, 0.3) is 0 Å². The van der Waals surface area contributed by atoms with E-state index in [1.165, 1.54) is 11.3 Å². The average Bonchev–Trinajstić information content (AvgIpc) is 3.31. The standard InChI is InChI=1S/C23H24N4O3S/c1-15-8-10-18(11-9-15)24-20(28)22-26-25-21(31-22)17-6-4-12-27(14-17)23(29)16-5-3-7-19(13-16)30-2/h3,5,7-11,13,17H,4,6,12,14H2,1-2H3,(H,24,28). The minimum atomic E-state index is -0.271. The first-order valence-corrected chi connectivity index (χ1v) is 11.0. The van der Waals surface area contributed by atoms with Gasteiger partial charge in [0.2, 0.25) is 5.01 Å². The third-order valence-electron chi connectivity index (χ3n) is 5.32. The highest BCUT2D eigenvalue weighted by Gasteiger charge is 2.28. The lowest BCUT2D eigenvalue weighted by Crippen LogP contribution is -2.39. The zero-order chi connectivity index (χ0) is 21.8. The van der Waals surface area contributed by atoms with Crippen molar-refractivity contribution in [1.82, 2.24) is 15.1 Å². The minimum Gasteiger partial charge on any atom is -0.497 e. The van der Waals surface area contributed by atoms with Crippen LogP contribution in [0.15, 0.2) is 48.5 Å². The molecular formula is C23H24N4O3S. The number of hydrogen-bond donors (Lipinski definition) is 1. The highest BCUT2D eigenvalue weighted by molar-refractivity contribution is 7.13. The SMILES string of the molecule is COc1cccc(C(=O)N2CCCC(c3nnc(C(=O)Nc4ccc(C)cc4)s3)C2)c1. The summed E-state index contributed by atoms with van der Waals surface area (Å²) in [6, 6.07) is 14.8. The van der Waals surface area contributed by atoms with Crippen LogP contribution in [0.2, 0.25) is 0 Å². The molecule has 2 heterocycles. The summed E-state index contributed by atoms with van der Waals surface area (Å²) in [5, 5.41) is 12.3. The van der Waals surface area contributed by atoms with Crippen LogP contribution in [0.5, 0.6) is 5.75 Å². The smallest absolute Gasteiger partial charge is 0.286 e. The molecule has 7 nitrogen and oxygen atoms in total. The lowest BCUT2D eigenvalue weighted by molar-refractivity contribution is 0.0706. The molecule has 0 saturated carbocycles. The molecule has 31 heavy (non-hydrogen) atoms. The van der Waals surface area contributed by atoms with E-state index in [9.17, 15) is 9.59 Å². The van der Waals surface area contributed by atoms with E-state index in [4.69, 9.17) is 4.74 Å². The number of ether oxygens (including phenoxy) is 1. The Kier molecular flexibility index (Phi) is 6.27. The summed E-state index contributed by atoms with van der Waals surface area (Å²) in [6.07, 6.45) is 1.79. The summed E-state index contributed by atoms with van der Waals surface area (Å²) in [5.41, 5.74) is 2.46. The summed E-state index contributed by atoms with van der Waals surface area (Å²) in [7, 11) is 1.59. The summed E-state index contributed by atoms with van der Waals surface area (Å²) < 4.78 is 5.23. The van der Waals surface area contributed by atoms with Gasteiger partial charge in [0.25, 0.3) is 11.8 Å². The van der Waals surface area contributed by atoms with Crippen LogP contribution in [0.1, 0.15) is 49.5 Å². The number of anilines is 1. The Bertz CT molecular complexity index is 1080. The maximum Gasteiger partial charge on any atom is 0.286 e. The maximum absolute atomic E-state index is 13.0. The fraction of sp³-hybridized carbons (Fsp3) is 0.304. The number of piperidine rings is 1. The zero-order valence-corrected chi connectivity index (χ0v) is 18.3. The van der Waals surface area contributed by atoms with Gasteiger partial charge in [0.15, 0.2) is 0 Å². The molecule has 160 valence electrons. The van der Waals surface area contributed by atoms with Crippen molar-refractivity contribution in [2.75, 3.05) is 25.5 Å². The Morgan fingerprint density at radius 2 is 1.97 bits per heavy atom. The molecule has 1 unspecified atom stereocenters. The predicted molar refractivity (Wildman–Crippen MR) is 120 cm³/mol. The summed E-state index contributed by atoms with van der Waals surface area (Å²) >= 11 is 1.29. The highest BCUT2D eigenvalue weighted by Crippen LogP contribution is 2.30. The van der Waals surface area contributed by atoms with E-state index in [0.29, 0.717) is 29.4 Å². The van der Waals surface area contributed by atoms with Gasteiger partial charge in [-0.2, -0.15) is 0 Å². The molecule has 0 spiro atoms. The second-order valence-corrected chi connectivity index (χ2v) is 8.60. The number of rotatable bonds is 5. The molecule has 2 aromatic carbocycles. The molecule has 1 aliphatic rings. The number of methoxy groups -OCH3 is 1.